The zero-order valence-electron chi connectivity index (χ0n) is 16.7. The number of aromatic nitrogens is 3. The second kappa shape index (κ2) is 7.72. The van der Waals surface area contributed by atoms with Crippen molar-refractivity contribution in [1.29, 1.82) is 0 Å². The van der Waals surface area contributed by atoms with Crippen molar-refractivity contribution in [2.24, 2.45) is 0 Å². The molecule has 0 fully saturated rings. The van der Waals surface area contributed by atoms with E-state index in [1.54, 1.807) is 6.08 Å². The normalized spacial score (nSPS) is 11.3. The van der Waals surface area contributed by atoms with Crippen LogP contribution in [0.3, 0.4) is 0 Å². The number of hydrogen-bond acceptors (Lipinski definition) is 3. The van der Waals surface area contributed by atoms with Gasteiger partial charge in [0.05, 0.1) is 34.0 Å². The van der Waals surface area contributed by atoms with Gasteiger partial charge in [-0.15, -0.1) is 0 Å². The minimum atomic E-state index is -0.213. The summed E-state index contributed by atoms with van der Waals surface area (Å²) in [6.45, 7) is 5.89. The van der Waals surface area contributed by atoms with Crippen molar-refractivity contribution in [3.05, 3.63) is 89.4 Å². The summed E-state index contributed by atoms with van der Waals surface area (Å²) in [5.41, 5.74) is 6.19. The van der Waals surface area contributed by atoms with Gasteiger partial charge in [0.25, 0.3) is 0 Å². The summed E-state index contributed by atoms with van der Waals surface area (Å²) in [6, 6.07) is 19.9. The van der Waals surface area contributed by atoms with E-state index in [0.29, 0.717) is 0 Å². The molecular formula is C24H22N4O. The van der Waals surface area contributed by atoms with Gasteiger partial charge in [0.1, 0.15) is 0 Å². The van der Waals surface area contributed by atoms with E-state index >= 15 is 0 Å². The quantitative estimate of drug-likeness (QED) is 0.506. The number of carbonyl (C=O) groups is 1. The molecule has 4 aromatic rings. The lowest BCUT2D eigenvalue weighted by Crippen LogP contribution is -2.09. The van der Waals surface area contributed by atoms with Crippen LogP contribution >= 0.6 is 0 Å². The predicted molar refractivity (Wildman–Crippen MR) is 117 cm³/mol. The molecule has 0 aliphatic rings. The van der Waals surface area contributed by atoms with Crippen LogP contribution in [0.25, 0.3) is 22.7 Å². The van der Waals surface area contributed by atoms with Gasteiger partial charge in [-0.05, 0) is 51.1 Å². The summed E-state index contributed by atoms with van der Waals surface area (Å²) < 4.78 is 1.85. The zero-order valence-corrected chi connectivity index (χ0v) is 16.7. The Morgan fingerprint density at radius 2 is 1.72 bits per heavy atom. The van der Waals surface area contributed by atoms with Crippen molar-refractivity contribution >= 4 is 28.6 Å². The number of nitrogens with zero attached hydrogens (tertiary/aromatic N) is 3. The van der Waals surface area contributed by atoms with Gasteiger partial charge in [-0.1, -0.05) is 42.0 Å². The number of aryl methyl sites for hydroxylation is 2. The SMILES string of the molecule is Cc1ccc(-n2nc(C)c(NC(=O)C=Cc3ccc4ccccc4n3)c2C)cc1. The molecule has 1 N–H and O–H groups in total. The standard InChI is InChI=1S/C24H22N4O/c1-16-8-13-21(14-9-16)28-18(3)24(17(2)27-28)26-23(29)15-12-20-11-10-19-6-4-5-7-22(19)25-20/h4-15H,1-3H3,(H,26,29). The van der Waals surface area contributed by atoms with Gasteiger partial charge in [0.15, 0.2) is 0 Å². The number of hydrogen-bond donors (Lipinski definition) is 1. The minimum Gasteiger partial charge on any atom is -0.319 e. The van der Waals surface area contributed by atoms with Crippen LogP contribution in [0, 0.1) is 20.8 Å². The van der Waals surface area contributed by atoms with E-state index in [2.05, 4.69) is 15.4 Å². The molecule has 2 heterocycles. The Kier molecular flexibility index (Phi) is 4.96. The van der Waals surface area contributed by atoms with Gasteiger partial charge in [-0.25, -0.2) is 9.67 Å². The number of anilines is 1. The van der Waals surface area contributed by atoms with Crippen LogP contribution in [-0.2, 0) is 4.79 Å². The van der Waals surface area contributed by atoms with Crippen molar-refractivity contribution < 1.29 is 4.79 Å². The molecule has 2 aromatic heterocycles. The number of fused-ring (bicyclic) bond motifs is 1. The largest absolute Gasteiger partial charge is 0.319 e. The Morgan fingerprint density at radius 1 is 0.966 bits per heavy atom. The fourth-order valence-corrected chi connectivity index (χ4v) is 3.26. The van der Waals surface area contributed by atoms with E-state index in [0.717, 1.165) is 39.4 Å². The second-order valence-electron chi connectivity index (χ2n) is 7.04. The summed E-state index contributed by atoms with van der Waals surface area (Å²) in [5.74, 6) is -0.213. The van der Waals surface area contributed by atoms with Crippen molar-refractivity contribution in [2.45, 2.75) is 20.8 Å². The van der Waals surface area contributed by atoms with Crippen LogP contribution in [0.5, 0.6) is 0 Å². The molecular weight excluding hydrogens is 360 g/mol. The summed E-state index contributed by atoms with van der Waals surface area (Å²) in [6.07, 6.45) is 3.22. The number of pyridine rings is 1. The molecule has 0 saturated carbocycles. The van der Waals surface area contributed by atoms with E-state index in [1.165, 1.54) is 11.6 Å². The smallest absolute Gasteiger partial charge is 0.248 e. The molecule has 1 amide bonds. The fourth-order valence-electron chi connectivity index (χ4n) is 3.26. The second-order valence-corrected chi connectivity index (χ2v) is 7.04. The predicted octanol–water partition coefficient (Wildman–Crippen LogP) is 5.00. The summed E-state index contributed by atoms with van der Waals surface area (Å²) in [5, 5.41) is 8.60. The maximum absolute atomic E-state index is 12.5. The van der Waals surface area contributed by atoms with Gasteiger partial charge in [-0.3, -0.25) is 4.79 Å². The molecule has 0 aliphatic carbocycles. The van der Waals surface area contributed by atoms with Gasteiger partial charge in [0.2, 0.25) is 5.91 Å². The topological polar surface area (TPSA) is 59.8 Å². The summed E-state index contributed by atoms with van der Waals surface area (Å²) >= 11 is 0. The molecule has 5 nitrogen and oxygen atoms in total. The molecule has 0 atom stereocenters. The molecule has 0 bridgehead atoms. The van der Waals surface area contributed by atoms with Gasteiger partial charge < -0.3 is 5.32 Å². The fraction of sp³-hybridized carbons (Fsp3) is 0.125. The number of nitrogens with one attached hydrogen (secondary N) is 1. The van der Waals surface area contributed by atoms with Crippen LogP contribution in [0.4, 0.5) is 5.69 Å². The third-order valence-corrected chi connectivity index (χ3v) is 4.84. The van der Waals surface area contributed by atoms with Crippen LogP contribution in [0.15, 0.2) is 66.7 Å². The first-order valence-corrected chi connectivity index (χ1v) is 9.49. The Hall–Kier alpha value is -3.73. The molecule has 2 aromatic carbocycles. The lowest BCUT2D eigenvalue weighted by atomic mass is 10.2. The number of benzene rings is 2. The highest BCUT2D eigenvalue weighted by Gasteiger charge is 2.14. The Balaban J connectivity index is 1.53. The monoisotopic (exact) mass is 382 g/mol. The lowest BCUT2D eigenvalue weighted by Gasteiger charge is -2.06. The molecule has 29 heavy (non-hydrogen) atoms. The highest BCUT2D eigenvalue weighted by molar-refractivity contribution is 6.02. The van der Waals surface area contributed by atoms with E-state index in [-0.39, 0.29) is 5.91 Å². The molecule has 0 radical (unpaired) electrons. The molecule has 0 unspecified atom stereocenters. The molecule has 5 heteroatoms. The highest BCUT2D eigenvalue weighted by Crippen LogP contribution is 2.23. The molecule has 4 rings (SSSR count). The maximum Gasteiger partial charge on any atom is 0.248 e. The zero-order chi connectivity index (χ0) is 20.4. The maximum atomic E-state index is 12.5. The number of rotatable bonds is 4. The van der Waals surface area contributed by atoms with E-state index in [4.69, 9.17) is 0 Å². The number of carbonyl (C=O) groups excluding carboxylic acids is 1. The average Bonchev–Trinajstić information content (AvgIpc) is 3.01. The first-order valence-electron chi connectivity index (χ1n) is 9.49. The minimum absolute atomic E-state index is 0.213. The molecule has 0 aliphatic heterocycles. The van der Waals surface area contributed by atoms with E-state index in [1.807, 2.05) is 86.1 Å². The molecule has 0 spiro atoms. The van der Waals surface area contributed by atoms with E-state index in [9.17, 15) is 4.79 Å². The van der Waals surface area contributed by atoms with Crippen LogP contribution in [-0.4, -0.2) is 20.7 Å². The average molecular weight is 382 g/mol. The van der Waals surface area contributed by atoms with Crippen molar-refractivity contribution in [2.75, 3.05) is 5.32 Å². The molecule has 144 valence electrons. The molecule has 0 saturated heterocycles. The third-order valence-electron chi connectivity index (χ3n) is 4.84. The summed E-state index contributed by atoms with van der Waals surface area (Å²) in [4.78, 5) is 17.0. The number of para-hydroxylation sites is 1. The first kappa shape index (κ1) is 18.6. The van der Waals surface area contributed by atoms with Crippen LogP contribution < -0.4 is 5.32 Å². The number of amides is 1. The van der Waals surface area contributed by atoms with Crippen LogP contribution in [0.1, 0.15) is 22.6 Å². The highest BCUT2D eigenvalue weighted by atomic mass is 16.1. The lowest BCUT2D eigenvalue weighted by molar-refractivity contribution is -0.111. The van der Waals surface area contributed by atoms with Crippen molar-refractivity contribution in [1.82, 2.24) is 14.8 Å². The van der Waals surface area contributed by atoms with Gasteiger partial charge in [-0.2, -0.15) is 5.10 Å². The first-order chi connectivity index (χ1) is 14.0. The Morgan fingerprint density at radius 3 is 2.52 bits per heavy atom. The Labute approximate surface area is 169 Å². The van der Waals surface area contributed by atoms with Crippen LogP contribution in [0.2, 0.25) is 0 Å². The summed E-state index contributed by atoms with van der Waals surface area (Å²) in [7, 11) is 0. The van der Waals surface area contributed by atoms with Gasteiger partial charge >= 0.3 is 0 Å². The Bertz CT molecular complexity index is 1220. The van der Waals surface area contributed by atoms with Crippen molar-refractivity contribution in [3.8, 4) is 5.69 Å². The van der Waals surface area contributed by atoms with E-state index < -0.39 is 0 Å². The van der Waals surface area contributed by atoms with Gasteiger partial charge in [0, 0.05) is 11.5 Å². The van der Waals surface area contributed by atoms with Crippen molar-refractivity contribution in [3.63, 3.8) is 0 Å². The third kappa shape index (κ3) is 3.94.